The van der Waals surface area contributed by atoms with Crippen molar-refractivity contribution in [1.29, 1.82) is 0 Å². The molecule has 1 N–H and O–H groups in total. The maximum atomic E-state index is 3.40. The summed E-state index contributed by atoms with van der Waals surface area (Å²) in [5, 5.41) is 1.41. The normalized spacial score (nSPS) is 13.2. The molecule has 2 aromatic rings. The summed E-state index contributed by atoms with van der Waals surface area (Å²) in [4.78, 5) is 3.40. The Balaban J connectivity index is 2.44. The lowest BCUT2D eigenvalue weighted by molar-refractivity contribution is 0.599. The minimum atomic E-state index is 0.710. The Morgan fingerprint density at radius 3 is 2.75 bits per heavy atom. The van der Waals surface area contributed by atoms with E-state index >= 15 is 0 Å². The van der Waals surface area contributed by atoms with Crippen LogP contribution in [-0.4, -0.2) is 4.98 Å². The third kappa shape index (κ3) is 1.99. The van der Waals surface area contributed by atoms with Gasteiger partial charge in [0.1, 0.15) is 0 Å². The second-order valence-corrected chi connectivity index (χ2v) is 4.69. The first kappa shape index (κ1) is 11.3. The summed E-state index contributed by atoms with van der Waals surface area (Å²) in [5.74, 6) is 0.710. The van der Waals surface area contributed by atoms with E-state index in [1.54, 1.807) is 0 Å². The molecule has 0 saturated heterocycles. The van der Waals surface area contributed by atoms with Crippen LogP contribution in [0.5, 0.6) is 0 Å². The molecule has 0 bridgehead atoms. The number of fused-ring (bicyclic) bond motifs is 1. The first-order valence-electron chi connectivity index (χ1n) is 6.33. The van der Waals surface area contributed by atoms with Crippen LogP contribution in [0.2, 0.25) is 0 Å². The summed E-state index contributed by atoms with van der Waals surface area (Å²) < 4.78 is 0. The first-order chi connectivity index (χ1) is 7.76. The molecule has 1 heteroatoms. The predicted octanol–water partition coefficient (Wildman–Crippen LogP) is 4.77. The van der Waals surface area contributed by atoms with E-state index in [9.17, 15) is 0 Å². The maximum Gasteiger partial charge on any atom is 0.0459 e. The molecular formula is C15H21N. The zero-order chi connectivity index (χ0) is 11.5. The number of H-pyrrole nitrogens is 1. The minimum absolute atomic E-state index is 0.710. The second-order valence-electron chi connectivity index (χ2n) is 4.69. The van der Waals surface area contributed by atoms with Gasteiger partial charge in [0, 0.05) is 17.1 Å². The van der Waals surface area contributed by atoms with Crippen molar-refractivity contribution in [3.63, 3.8) is 0 Å². The van der Waals surface area contributed by atoms with E-state index in [-0.39, 0.29) is 0 Å². The molecule has 1 nitrogen and oxygen atoms in total. The SMILES string of the molecule is CCCC(CC)c1c[nH]c2cc(C)ccc12. The van der Waals surface area contributed by atoms with Gasteiger partial charge in [-0.3, -0.25) is 0 Å². The van der Waals surface area contributed by atoms with Gasteiger partial charge < -0.3 is 4.98 Å². The predicted molar refractivity (Wildman–Crippen MR) is 71.0 cm³/mol. The Morgan fingerprint density at radius 1 is 1.25 bits per heavy atom. The molecule has 0 saturated carbocycles. The van der Waals surface area contributed by atoms with Crippen LogP contribution < -0.4 is 0 Å². The number of nitrogens with one attached hydrogen (secondary N) is 1. The van der Waals surface area contributed by atoms with Gasteiger partial charge in [0.2, 0.25) is 0 Å². The van der Waals surface area contributed by atoms with E-state index in [0.717, 1.165) is 0 Å². The van der Waals surface area contributed by atoms with Crippen LogP contribution >= 0.6 is 0 Å². The molecule has 0 aliphatic heterocycles. The number of hydrogen-bond acceptors (Lipinski definition) is 0. The monoisotopic (exact) mass is 215 g/mol. The molecule has 1 aromatic carbocycles. The molecule has 2 rings (SSSR count). The van der Waals surface area contributed by atoms with E-state index < -0.39 is 0 Å². The molecule has 1 aromatic heterocycles. The Morgan fingerprint density at radius 2 is 2.06 bits per heavy atom. The summed E-state index contributed by atoms with van der Waals surface area (Å²) in [6.45, 7) is 6.69. The van der Waals surface area contributed by atoms with Crippen molar-refractivity contribution in [3.05, 3.63) is 35.5 Å². The molecule has 0 amide bonds. The van der Waals surface area contributed by atoms with Gasteiger partial charge in [0.05, 0.1) is 0 Å². The average molecular weight is 215 g/mol. The van der Waals surface area contributed by atoms with Crippen LogP contribution in [-0.2, 0) is 0 Å². The summed E-state index contributed by atoms with van der Waals surface area (Å²) in [7, 11) is 0. The van der Waals surface area contributed by atoms with Gasteiger partial charge in [0.15, 0.2) is 0 Å². The van der Waals surface area contributed by atoms with E-state index in [0.29, 0.717) is 5.92 Å². The molecule has 0 aliphatic rings. The van der Waals surface area contributed by atoms with E-state index in [4.69, 9.17) is 0 Å². The number of rotatable bonds is 4. The van der Waals surface area contributed by atoms with Gasteiger partial charge in [-0.25, -0.2) is 0 Å². The Kier molecular flexibility index (Phi) is 3.33. The highest BCUT2D eigenvalue weighted by Gasteiger charge is 2.12. The molecule has 0 fully saturated rings. The van der Waals surface area contributed by atoms with E-state index in [1.807, 2.05) is 0 Å². The van der Waals surface area contributed by atoms with Crippen molar-refractivity contribution in [2.75, 3.05) is 0 Å². The average Bonchev–Trinajstić information content (AvgIpc) is 2.68. The van der Waals surface area contributed by atoms with E-state index in [1.165, 1.54) is 41.3 Å². The summed E-state index contributed by atoms with van der Waals surface area (Å²) >= 11 is 0. The van der Waals surface area contributed by atoms with Gasteiger partial charge in [-0.05, 0) is 42.9 Å². The van der Waals surface area contributed by atoms with Gasteiger partial charge in [-0.15, -0.1) is 0 Å². The van der Waals surface area contributed by atoms with Gasteiger partial charge in [-0.1, -0.05) is 32.4 Å². The molecule has 1 heterocycles. The van der Waals surface area contributed by atoms with E-state index in [2.05, 4.69) is 50.2 Å². The van der Waals surface area contributed by atoms with Crippen molar-refractivity contribution >= 4 is 10.9 Å². The van der Waals surface area contributed by atoms with Crippen LogP contribution in [0.4, 0.5) is 0 Å². The van der Waals surface area contributed by atoms with Gasteiger partial charge >= 0.3 is 0 Å². The van der Waals surface area contributed by atoms with Gasteiger partial charge in [-0.2, -0.15) is 0 Å². The fraction of sp³-hybridized carbons (Fsp3) is 0.467. The number of benzene rings is 1. The molecule has 16 heavy (non-hydrogen) atoms. The Labute approximate surface area is 97.9 Å². The fourth-order valence-electron chi connectivity index (χ4n) is 2.53. The smallest absolute Gasteiger partial charge is 0.0459 e. The van der Waals surface area contributed by atoms with Crippen molar-refractivity contribution < 1.29 is 0 Å². The Bertz CT molecular complexity index is 467. The van der Waals surface area contributed by atoms with Crippen molar-refractivity contribution in [2.24, 2.45) is 0 Å². The largest absolute Gasteiger partial charge is 0.361 e. The van der Waals surface area contributed by atoms with Gasteiger partial charge in [0.25, 0.3) is 0 Å². The lowest BCUT2D eigenvalue weighted by Crippen LogP contribution is -1.95. The molecule has 0 aliphatic carbocycles. The lowest BCUT2D eigenvalue weighted by Gasteiger charge is -2.12. The maximum absolute atomic E-state index is 3.40. The third-order valence-electron chi connectivity index (χ3n) is 3.44. The second kappa shape index (κ2) is 4.73. The molecule has 1 atom stereocenters. The summed E-state index contributed by atoms with van der Waals surface area (Å²) in [6.07, 6.45) is 5.98. The molecule has 1 unspecified atom stereocenters. The minimum Gasteiger partial charge on any atom is -0.361 e. The standard InChI is InChI=1S/C15H21N/c1-4-6-12(5-2)14-10-16-15-9-11(3)7-8-13(14)15/h7-10,12,16H,4-6H2,1-3H3. The zero-order valence-corrected chi connectivity index (χ0v) is 10.5. The van der Waals surface area contributed by atoms with Crippen molar-refractivity contribution in [3.8, 4) is 0 Å². The van der Waals surface area contributed by atoms with Crippen LogP contribution in [0.25, 0.3) is 10.9 Å². The van der Waals surface area contributed by atoms with Crippen LogP contribution in [0, 0.1) is 6.92 Å². The molecule has 0 radical (unpaired) electrons. The lowest BCUT2D eigenvalue weighted by atomic mass is 9.92. The molecule has 0 spiro atoms. The van der Waals surface area contributed by atoms with Crippen LogP contribution in [0.1, 0.15) is 50.2 Å². The zero-order valence-electron chi connectivity index (χ0n) is 10.5. The highest BCUT2D eigenvalue weighted by atomic mass is 14.7. The quantitative estimate of drug-likeness (QED) is 0.756. The molecule has 86 valence electrons. The topological polar surface area (TPSA) is 15.8 Å². The highest BCUT2D eigenvalue weighted by Crippen LogP contribution is 2.31. The Hall–Kier alpha value is -1.24. The van der Waals surface area contributed by atoms with Crippen LogP contribution in [0.15, 0.2) is 24.4 Å². The highest BCUT2D eigenvalue weighted by molar-refractivity contribution is 5.84. The van der Waals surface area contributed by atoms with Crippen molar-refractivity contribution in [1.82, 2.24) is 4.98 Å². The number of aromatic amines is 1. The number of hydrogen-bond donors (Lipinski definition) is 1. The fourth-order valence-corrected chi connectivity index (χ4v) is 2.53. The summed E-state index contributed by atoms with van der Waals surface area (Å²) in [6, 6.07) is 6.70. The first-order valence-corrected chi connectivity index (χ1v) is 6.33. The number of aromatic nitrogens is 1. The van der Waals surface area contributed by atoms with Crippen LogP contribution in [0.3, 0.4) is 0 Å². The third-order valence-corrected chi connectivity index (χ3v) is 3.44. The molecular weight excluding hydrogens is 194 g/mol. The number of aryl methyl sites for hydroxylation is 1. The summed E-state index contributed by atoms with van der Waals surface area (Å²) in [5.41, 5.74) is 4.10. The van der Waals surface area contributed by atoms with Crippen molar-refractivity contribution in [2.45, 2.75) is 46.0 Å².